The van der Waals surface area contributed by atoms with Gasteiger partial charge in [0, 0.05) is 4.47 Å². The lowest BCUT2D eigenvalue weighted by molar-refractivity contribution is -0.145. The summed E-state index contributed by atoms with van der Waals surface area (Å²) in [5.74, 6) is -0.902. The molecule has 0 aliphatic heterocycles. The van der Waals surface area contributed by atoms with Crippen molar-refractivity contribution in [2.75, 3.05) is 11.9 Å². The Balaban J connectivity index is 2.59. The Morgan fingerprint density at radius 1 is 1.41 bits per heavy atom. The topological polar surface area (TPSA) is 55.4 Å². The molecule has 0 spiro atoms. The van der Waals surface area contributed by atoms with Crippen molar-refractivity contribution in [3.63, 3.8) is 0 Å². The number of anilines is 1. The first kappa shape index (κ1) is 13.7. The van der Waals surface area contributed by atoms with Gasteiger partial charge >= 0.3 is 5.97 Å². The van der Waals surface area contributed by atoms with Crippen molar-refractivity contribution in [1.82, 2.24) is 0 Å². The van der Waals surface area contributed by atoms with Crippen LogP contribution in [0, 0.1) is 6.92 Å². The van der Waals surface area contributed by atoms with Crippen LogP contribution in [0.25, 0.3) is 0 Å². The SMILES string of the molecule is CCOC(=O)CC(=O)Nc1ccc(C)cc1Br. The summed E-state index contributed by atoms with van der Waals surface area (Å²) in [5.41, 5.74) is 1.73. The molecule has 0 radical (unpaired) electrons. The predicted octanol–water partition coefficient (Wildman–Crippen LogP) is 2.65. The summed E-state index contributed by atoms with van der Waals surface area (Å²) in [7, 11) is 0. The van der Waals surface area contributed by atoms with Gasteiger partial charge in [-0.05, 0) is 47.5 Å². The molecule has 1 rings (SSSR count). The molecular formula is C12H14BrNO3. The van der Waals surface area contributed by atoms with Crippen molar-refractivity contribution in [2.24, 2.45) is 0 Å². The van der Waals surface area contributed by atoms with Gasteiger partial charge in [-0.25, -0.2) is 0 Å². The summed E-state index contributed by atoms with van der Waals surface area (Å²) in [6.07, 6.45) is -0.270. The van der Waals surface area contributed by atoms with Crippen molar-refractivity contribution in [3.05, 3.63) is 28.2 Å². The normalized spacial score (nSPS) is 9.82. The van der Waals surface area contributed by atoms with E-state index in [-0.39, 0.29) is 18.9 Å². The maximum atomic E-state index is 11.5. The molecule has 0 aliphatic rings. The molecule has 0 aliphatic carbocycles. The third-order valence-electron chi connectivity index (χ3n) is 2.01. The van der Waals surface area contributed by atoms with E-state index in [1.807, 2.05) is 19.1 Å². The minimum atomic E-state index is -0.520. The quantitative estimate of drug-likeness (QED) is 0.687. The largest absolute Gasteiger partial charge is 0.466 e. The Morgan fingerprint density at radius 2 is 2.12 bits per heavy atom. The van der Waals surface area contributed by atoms with Crippen LogP contribution in [0.1, 0.15) is 18.9 Å². The minimum Gasteiger partial charge on any atom is -0.466 e. The average Bonchev–Trinajstić information content (AvgIpc) is 2.22. The fourth-order valence-electron chi connectivity index (χ4n) is 1.26. The number of hydrogen-bond donors (Lipinski definition) is 1. The van der Waals surface area contributed by atoms with Gasteiger partial charge < -0.3 is 10.1 Å². The first-order chi connectivity index (χ1) is 8.02. The number of carbonyl (C=O) groups excluding carboxylic acids is 2. The molecule has 1 aromatic carbocycles. The highest BCUT2D eigenvalue weighted by molar-refractivity contribution is 9.10. The number of halogens is 1. The van der Waals surface area contributed by atoms with Crippen molar-refractivity contribution in [3.8, 4) is 0 Å². The Kier molecular flexibility index (Phi) is 5.15. The molecule has 0 heterocycles. The summed E-state index contributed by atoms with van der Waals surface area (Å²) >= 11 is 3.34. The summed E-state index contributed by atoms with van der Waals surface area (Å²) in [4.78, 5) is 22.6. The molecular weight excluding hydrogens is 286 g/mol. The molecule has 0 saturated carbocycles. The Bertz CT molecular complexity index is 432. The highest BCUT2D eigenvalue weighted by atomic mass is 79.9. The number of carbonyl (C=O) groups is 2. The van der Waals surface area contributed by atoms with Crippen LogP contribution < -0.4 is 5.32 Å². The van der Waals surface area contributed by atoms with E-state index in [2.05, 4.69) is 26.0 Å². The van der Waals surface area contributed by atoms with Crippen LogP contribution in [0.5, 0.6) is 0 Å². The molecule has 0 bridgehead atoms. The van der Waals surface area contributed by atoms with E-state index in [1.165, 1.54) is 0 Å². The monoisotopic (exact) mass is 299 g/mol. The molecule has 0 aromatic heterocycles. The van der Waals surface area contributed by atoms with Gasteiger partial charge in [0.2, 0.25) is 5.91 Å². The van der Waals surface area contributed by atoms with Crippen molar-refractivity contribution >= 4 is 33.5 Å². The number of aryl methyl sites for hydroxylation is 1. The Labute approximate surface area is 108 Å². The van der Waals surface area contributed by atoms with Crippen LogP contribution in [0.15, 0.2) is 22.7 Å². The van der Waals surface area contributed by atoms with Crippen LogP contribution in [0.3, 0.4) is 0 Å². The summed E-state index contributed by atoms with van der Waals surface area (Å²) in [5, 5.41) is 2.64. The molecule has 0 unspecified atom stereocenters. The third kappa shape index (κ3) is 4.56. The Morgan fingerprint density at radius 3 is 2.71 bits per heavy atom. The number of ether oxygens (including phenoxy) is 1. The summed E-state index contributed by atoms with van der Waals surface area (Å²) in [6.45, 7) is 3.93. The first-order valence-electron chi connectivity index (χ1n) is 5.24. The highest BCUT2D eigenvalue weighted by Gasteiger charge is 2.11. The van der Waals surface area contributed by atoms with E-state index < -0.39 is 5.97 Å². The summed E-state index contributed by atoms with van der Waals surface area (Å²) in [6, 6.07) is 5.55. The van der Waals surface area contributed by atoms with Gasteiger partial charge in [-0.2, -0.15) is 0 Å². The molecule has 1 N–H and O–H groups in total. The maximum Gasteiger partial charge on any atom is 0.315 e. The van der Waals surface area contributed by atoms with Gasteiger partial charge in [0.1, 0.15) is 6.42 Å². The molecule has 1 amide bonds. The second-order valence-corrected chi connectivity index (χ2v) is 4.37. The second kappa shape index (κ2) is 6.39. The number of hydrogen-bond acceptors (Lipinski definition) is 3. The number of benzene rings is 1. The molecule has 5 heteroatoms. The maximum absolute atomic E-state index is 11.5. The van der Waals surface area contributed by atoms with Gasteiger partial charge in [-0.3, -0.25) is 9.59 Å². The molecule has 0 saturated heterocycles. The lowest BCUT2D eigenvalue weighted by Gasteiger charge is -2.07. The lowest BCUT2D eigenvalue weighted by atomic mass is 10.2. The zero-order valence-corrected chi connectivity index (χ0v) is 11.3. The standard InChI is InChI=1S/C12H14BrNO3/c1-3-17-12(16)7-11(15)14-10-5-4-8(2)6-9(10)13/h4-6H,3,7H2,1-2H3,(H,14,15). The summed E-state index contributed by atoms with van der Waals surface area (Å²) < 4.78 is 5.47. The zero-order chi connectivity index (χ0) is 12.8. The van der Waals surface area contributed by atoms with Crippen LogP contribution in [-0.2, 0) is 14.3 Å². The fraction of sp³-hybridized carbons (Fsp3) is 0.333. The van der Waals surface area contributed by atoms with Gasteiger partial charge in [0.25, 0.3) is 0 Å². The molecule has 4 nitrogen and oxygen atoms in total. The van der Waals surface area contributed by atoms with E-state index in [9.17, 15) is 9.59 Å². The van der Waals surface area contributed by atoms with Crippen LogP contribution in [-0.4, -0.2) is 18.5 Å². The number of nitrogens with one attached hydrogen (secondary N) is 1. The predicted molar refractivity (Wildman–Crippen MR) is 68.8 cm³/mol. The smallest absolute Gasteiger partial charge is 0.315 e. The van der Waals surface area contributed by atoms with Crippen LogP contribution in [0.2, 0.25) is 0 Å². The third-order valence-corrected chi connectivity index (χ3v) is 2.66. The minimum absolute atomic E-state index is 0.270. The zero-order valence-electron chi connectivity index (χ0n) is 9.75. The molecule has 92 valence electrons. The molecule has 0 fully saturated rings. The van der Waals surface area contributed by atoms with Crippen LogP contribution in [0.4, 0.5) is 5.69 Å². The van der Waals surface area contributed by atoms with Gasteiger partial charge in [-0.15, -0.1) is 0 Å². The average molecular weight is 300 g/mol. The van der Waals surface area contributed by atoms with E-state index in [0.717, 1.165) is 10.0 Å². The van der Waals surface area contributed by atoms with Crippen molar-refractivity contribution in [2.45, 2.75) is 20.3 Å². The van der Waals surface area contributed by atoms with E-state index in [4.69, 9.17) is 0 Å². The molecule has 0 atom stereocenters. The highest BCUT2D eigenvalue weighted by Crippen LogP contribution is 2.23. The fourth-order valence-corrected chi connectivity index (χ4v) is 1.85. The number of esters is 1. The van der Waals surface area contributed by atoms with Gasteiger partial charge in [-0.1, -0.05) is 6.07 Å². The molecule has 1 aromatic rings. The van der Waals surface area contributed by atoms with E-state index >= 15 is 0 Å². The second-order valence-electron chi connectivity index (χ2n) is 3.51. The molecule has 17 heavy (non-hydrogen) atoms. The van der Waals surface area contributed by atoms with E-state index in [0.29, 0.717) is 5.69 Å². The van der Waals surface area contributed by atoms with Crippen molar-refractivity contribution < 1.29 is 14.3 Å². The lowest BCUT2D eigenvalue weighted by Crippen LogP contribution is -2.18. The van der Waals surface area contributed by atoms with E-state index in [1.54, 1.807) is 13.0 Å². The van der Waals surface area contributed by atoms with Crippen LogP contribution >= 0.6 is 15.9 Å². The number of amides is 1. The van der Waals surface area contributed by atoms with Crippen molar-refractivity contribution in [1.29, 1.82) is 0 Å². The van der Waals surface area contributed by atoms with Gasteiger partial charge in [0.15, 0.2) is 0 Å². The van der Waals surface area contributed by atoms with Gasteiger partial charge in [0.05, 0.1) is 12.3 Å². The number of rotatable bonds is 4. The first-order valence-corrected chi connectivity index (χ1v) is 6.04. The Hall–Kier alpha value is -1.36.